The van der Waals surface area contributed by atoms with E-state index in [1.165, 1.54) is 28.3 Å². The smallest absolute Gasteiger partial charge is 0.219 e. The molecule has 0 bridgehead atoms. The van der Waals surface area contributed by atoms with Crippen molar-refractivity contribution in [2.45, 2.75) is 13.1 Å². The van der Waals surface area contributed by atoms with Gasteiger partial charge in [-0.1, -0.05) is 18.2 Å². The van der Waals surface area contributed by atoms with Gasteiger partial charge < -0.3 is 0 Å². The lowest BCUT2D eigenvalue weighted by Crippen LogP contribution is -2.32. The molecule has 3 aromatic rings. The van der Waals surface area contributed by atoms with E-state index in [1.807, 2.05) is 0 Å². The molecule has 0 fully saturated rings. The molecule has 0 saturated carbocycles. The van der Waals surface area contributed by atoms with Gasteiger partial charge in [0.2, 0.25) is 24.3 Å². The third-order valence-corrected chi connectivity index (χ3v) is 4.18. The van der Waals surface area contributed by atoms with Crippen molar-refractivity contribution < 1.29 is 9.13 Å². The largest absolute Gasteiger partial charge is 0.264 e. The second-order valence-corrected chi connectivity index (χ2v) is 5.25. The first-order chi connectivity index (χ1) is 9.42. The highest BCUT2D eigenvalue weighted by atomic mass is 15.2. The van der Waals surface area contributed by atoms with Gasteiger partial charge in [0.25, 0.3) is 5.69 Å². The predicted molar refractivity (Wildman–Crippen MR) is 69.8 cm³/mol. The van der Waals surface area contributed by atoms with E-state index in [1.54, 1.807) is 0 Å². The monoisotopic (exact) mass is 247 g/mol. The van der Waals surface area contributed by atoms with Crippen LogP contribution in [0, 0.1) is 0 Å². The van der Waals surface area contributed by atoms with Gasteiger partial charge >= 0.3 is 0 Å². The van der Waals surface area contributed by atoms with Crippen LogP contribution in [-0.2, 0) is 13.1 Å². The van der Waals surface area contributed by atoms with Gasteiger partial charge in [-0.15, -0.1) is 0 Å². The van der Waals surface area contributed by atoms with E-state index >= 15 is 0 Å². The highest BCUT2D eigenvalue weighted by molar-refractivity contribution is 5.61. The van der Waals surface area contributed by atoms with Gasteiger partial charge in [0.15, 0.2) is 6.20 Å². The molecule has 2 aliphatic heterocycles. The lowest BCUT2D eigenvalue weighted by molar-refractivity contribution is -0.682. The summed E-state index contributed by atoms with van der Waals surface area (Å²) >= 11 is 0. The number of nitrogens with zero attached hydrogens (tertiary/aromatic N) is 3. The number of para-hydroxylation sites is 1. The molecule has 0 atom stereocenters. The summed E-state index contributed by atoms with van der Waals surface area (Å²) < 4.78 is 7.06. The fourth-order valence-electron chi connectivity index (χ4n) is 3.39. The molecule has 5 rings (SSSR count). The van der Waals surface area contributed by atoms with Gasteiger partial charge in [0.1, 0.15) is 12.2 Å². The van der Waals surface area contributed by atoms with Crippen molar-refractivity contribution in [2.24, 2.45) is 0 Å². The molecule has 4 heterocycles. The first-order valence-corrected chi connectivity index (χ1v) is 6.62. The summed E-state index contributed by atoms with van der Waals surface area (Å²) in [4.78, 5) is 0. The van der Waals surface area contributed by atoms with Crippen LogP contribution in [0.1, 0.15) is 11.3 Å². The van der Waals surface area contributed by atoms with E-state index in [-0.39, 0.29) is 0 Å². The zero-order valence-electron chi connectivity index (χ0n) is 10.5. The molecule has 2 aliphatic rings. The minimum atomic E-state index is 0.973. The molecule has 19 heavy (non-hydrogen) atoms. The Balaban J connectivity index is 1.81. The Morgan fingerprint density at radius 1 is 0.842 bits per heavy atom. The van der Waals surface area contributed by atoms with Crippen LogP contribution in [0.3, 0.4) is 0 Å². The summed E-state index contributed by atoms with van der Waals surface area (Å²) in [5.41, 5.74) is 6.90. The molecule has 0 N–H and O–H groups in total. The highest BCUT2D eigenvalue weighted by Crippen LogP contribution is 2.32. The number of hydrogen-bond donors (Lipinski definition) is 0. The molecule has 0 spiro atoms. The molecule has 90 valence electrons. The summed E-state index contributed by atoms with van der Waals surface area (Å²) in [5, 5.41) is 0. The van der Waals surface area contributed by atoms with Crippen molar-refractivity contribution in [3.63, 3.8) is 0 Å². The first kappa shape index (κ1) is 9.50. The molecule has 0 amide bonds. The van der Waals surface area contributed by atoms with Crippen molar-refractivity contribution in [2.75, 3.05) is 0 Å². The maximum Gasteiger partial charge on any atom is 0.264 e. The standard InChI is InChI=1S/C16H13N3/c1-2-6-13(7-3-1)19-11-18-9-12-5-4-8-17-10-14(19)16(18)15(12)17/h1-8,11H,9-10H2/q+2. The van der Waals surface area contributed by atoms with Crippen LogP contribution in [0.5, 0.6) is 0 Å². The molecule has 1 aromatic carbocycles. The fourth-order valence-corrected chi connectivity index (χ4v) is 3.39. The Labute approximate surface area is 111 Å². The third-order valence-electron chi connectivity index (χ3n) is 4.18. The minimum absolute atomic E-state index is 0.973. The summed E-state index contributed by atoms with van der Waals surface area (Å²) in [5.74, 6) is 0. The van der Waals surface area contributed by atoms with Gasteiger partial charge in [-0.2, -0.15) is 9.13 Å². The van der Waals surface area contributed by atoms with Crippen LogP contribution < -0.4 is 9.13 Å². The van der Waals surface area contributed by atoms with Gasteiger partial charge in [-0.05, 0) is 18.2 Å². The Kier molecular flexibility index (Phi) is 1.56. The van der Waals surface area contributed by atoms with Crippen molar-refractivity contribution in [3.8, 4) is 17.1 Å². The van der Waals surface area contributed by atoms with E-state index < -0.39 is 0 Å². The summed E-state index contributed by atoms with van der Waals surface area (Å²) in [6.07, 6.45) is 4.42. The zero-order valence-corrected chi connectivity index (χ0v) is 10.5. The normalized spacial score (nSPS) is 13.9. The SMILES string of the molecule is c1ccc(-n2c[n+]3c4c2C[n+]2cccc(c2-4)C3)cc1. The number of imidazole rings is 1. The van der Waals surface area contributed by atoms with Crippen LogP contribution in [0.4, 0.5) is 0 Å². The van der Waals surface area contributed by atoms with Crippen LogP contribution in [0.2, 0.25) is 0 Å². The van der Waals surface area contributed by atoms with E-state index in [2.05, 4.69) is 68.7 Å². The second kappa shape index (κ2) is 3.12. The molecule has 0 radical (unpaired) electrons. The average Bonchev–Trinajstić information content (AvgIpc) is 3.09. The quantitative estimate of drug-likeness (QED) is 0.398. The Hall–Kier alpha value is -2.42. The van der Waals surface area contributed by atoms with E-state index in [4.69, 9.17) is 0 Å². The van der Waals surface area contributed by atoms with Crippen LogP contribution in [0.25, 0.3) is 17.1 Å². The van der Waals surface area contributed by atoms with Crippen LogP contribution in [-0.4, -0.2) is 4.57 Å². The van der Waals surface area contributed by atoms with E-state index in [0.717, 1.165) is 13.1 Å². The fraction of sp³-hybridized carbons (Fsp3) is 0.125. The molecular formula is C16H13N3+2. The molecule has 3 nitrogen and oxygen atoms in total. The lowest BCUT2D eigenvalue weighted by atomic mass is 10.2. The van der Waals surface area contributed by atoms with Crippen LogP contribution in [0.15, 0.2) is 55.0 Å². The number of hydrogen-bond acceptors (Lipinski definition) is 0. The van der Waals surface area contributed by atoms with Gasteiger partial charge in [-0.3, -0.25) is 0 Å². The molecule has 3 heteroatoms. The number of aromatic nitrogens is 3. The predicted octanol–water partition coefficient (Wildman–Crippen LogP) is 1.44. The summed E-state index contributed by atoms with van der Waals surface area (Å²) in [6.45, 7) is 1.97. The maximum absolute atomic E-state index is 2.37. The number of benzene rings is 1. The van der Waals surface area contributed by atoms with Crippen molar-refractivity contribution in [1.82, 2.24) is 4.57 Å². The van der Waals surface area contributed by atoms with Crippen molar-refractivity contribution >= 4 is 0 Å². The first-order valence-electron chi connectivity index (χ1n) is 6.62. The molecular weight excluding hydrogens is 234 g/mol. The van der Waals surface area contributed by atoms with E-state index in [9.17, 15) is 0 Å². The Bertz CT molecular complexity index is 816. The van der Waals surface area contributed by atoms with Crippen molar-refractivity contribution in [1.29, 1.82) is 0 Å². The molecule has 0 saturated heterocycles. The summed E-state index contributed by atoms with van der Waals surface area (Å²) in [7, 11) is 0. The van der Waals surface area contributed by atoms with Gasteiger partial charge in [-0.25, -0.2) is 4.57 Å². The molecule has 2 aromatic heterocycles. The lowest BCUT2D eigenvalue weighted by Gasteiger charge is -1.96. The number of rotatable bonds is 1. The maximum atomic E-state index is 2.37. The van der Waals surface area contributed by atoms with Gasteiger partial charge in [0.05, 0.1) is 5.56 Å². The Morgan fingerprint density at radius 2 is 1.74 bits per heavy atom. The van der Waals surface area contributed by atoms with Gasteiger partial charge in [0, 0.05) is 6.07 Å². The molecule has 0 unspecified atom stereocenters. The highest BCUT2D eigenvalue weighted by Gasteiger charge is 2.45. The minimum Gasteiger partial charge on any atom is -0.219 e. The molecule has 0 aliphatic carbocycles. The second-order valence-electron chi connectivity index (χ2n) is 5.25. The topological polar surface area (TPSA) is 12.7 Å². The average molecular weight is 247 g/mol. The van der Waals surface area contributed by atoms with Crippen LogP contribution >= 0.6 is 0 Å². The summed E-state index contributed by atoms with van der Waals surface area (Å²) in [6, 6.07) is 15.0. The number of pyridine rings is 1. The third kappa shape index (κ3) is 1.08. The Morgan fingerprint density at radius 3 is 2.63 bits per heavy atom. The van der Waals surface area contributed by atoms with E-state index in [0.29, 0.717) is 0 Å². The van der Waals surface area contributed by atoms with Crippen molar-refractivity contribution in [3.05, 3.63) is 66.2 Å². The zero-order chi connectivity index (χ0) is 12.4.